The normalized spacial score (nSPS) is 10.6. The maximum atomic E-state index is 10.5. The summed E-state index contributed by atoms with van der Waals surface area (Å²) in [6.07, 6.45) is 0.606. The number of carbonyl (C=O) groups excluding carboxylic acids is 1. The molecule has 0 saturated carbocycles. The van der Waals surface area contributed by atoms with Crippen molar-refractivity contribution >= 4 is 44.8 Å². The molecule has 2 aromatic rings. The Morgan fingerprint density at radius 3 is 2.85 bits per heavy atom. The van der Waals surface area contributed by atoms with Crippen molar-refractivity contribution in [2.24, 2.45) is 0 Å². The fourth-order valence-electron chi connectivity index (χ4n) is 1.15. The summed E-state index contributed by atoms with van der Waals surface area (Å²) in [7, 11) is 0. The monoisotopic (exact) mass is 258 g/mol. The second kappa shape index (κ2) is 3.16. The summed E-state index contributed by atoms with van der Waals surface area (Å²) >= 11 is 9.19. The molecular weight excluding hydrogens is 255 g/mol. The third-order valence-corrected chi connectivity index (χ3v) is 2.75. The van der Waals surface area contributed by atoms with Crippen molar-refractivity contribution in [3.05, 3.63) is 33.5 Å². The Labute approximate surface area is 87.6 Å². The smallest absolute Gasteiger partial charge is 0.186 e. The number of para-hydroxylation sites is 1. The second-order valence-electron chi connectivity index (χ2n) is 2.51. The van der Waals surface area contributed by atoms with E-state index in [1.807, 2.05) is 12.1 Å². The van der Waals surface area contributed by atoms with Crippen LogP contribution in [0.3, 0.4) is 0 Å². The predicted molar refractivity (Wildman–Crippen MR) is 54.3 cm³/mol. The minimum atomic E-state index is 0.170. The molecule has 0 fully saturated rings. The summed E-state index contributed by atoms with van der Waals surface area (Å²) in [5.74, 6) is 0.170. The highest BCUT2D eigenvalue weighted by molar-refractivity contribution is 9.10. The van der Waals surface area contributed by atoms with E-state index in [2.05, 4.69) is 15.9 Å². The van der Waals surface area contributed by atoms with Gasteiger partial charge >= 0.3 is 0 Å². The summed E-state index contributed by atoms with van der Waals surface area (Å²) in [5.41, 5.74) is 0.606. The maximum Gasteiger partial charge on any atom is 0.186 e. The molecular formula is C9H4BrClO2. The molecule has 0 N–H and O–H groups in total. The Kier molecular flexibility index (Phi) is 2.14. The first-order valence-corrected chi connectivity index (χ1v) is 4.73. The molecule has 2 nitrogen and oxygen atoms in total. The van der Waals surface area contributed by atoms with Gasteiger partial charge in [0.15, 0.2) is 17.6 Å². The molecule has 4 heteroatoms. The molecule has 2 rings (SSSR count). The molecule has 0 aliphatic heterocycles. The van der Waals surface area contributed by atoms with E-state index < -0.39 is 0 Å². The standard InChI is InChI=1S/C9H4BrClO2/c10-6-3-1-2-5-8(11)7(4-12)13-9(5)6/h1-4H. The Bertz CT molecular complexity index is 476. The molecule has 66 valence electrons. The maximum absolute atomic E-state index is 10.5. The van der Waals surface area contributed by atoms with Gasteiger partial charge in [-0.15, -0.1) is 0 Å². The van der Waals surface area contributed by atoms with E-state index in [4.69, 9.17) is 16.0 Å². The molecule has 0 unspecified atom stereocenters. The zero-order chi connectivity index (χ0) is 9.42. The van der Waals surface area contributed by atoms with Crippen molar-refractivity contribution in [1.29, 1.82) is 0 Å². The minimum absolute atomic E-state index is 0.170. The van der Waals surface area contributed by atoms with E-state index >= 15 is 0 Å². The van der Waals surface area contributed by atoms with E-state index in [-0.39, 0.29) is 5.76 Å². The number of hydrogen-bond acceptors (Lipinski definition) is 2. The highest BCUT2D eigenvalue weighted by atomic mass is 79.9. The molecule has 0 bridgehead atoms. The van der Waals surface area contributed by atoms with Crippen LogP contribution in [-0.4, -0.2) is 6.29 Å². The van der Waals surface area contributed by atoms with Gasteiger partial charge in [0, 0.05) is 5.39 Å². The van der Waals surface area contributed by atoms with Crippen LogP contribution in [0.4, 0.5) is 0 Å². The molecule has 0 aliphatic carbocycles. The number of aldehydes is 1. The molecule has 0 atom stereocenters. The van der Waals surface area contributed by atoms with Crippen LogP contribution in [0.25, 0.3) is 11.0 Å². The second-order valence-corrected chi connectivity index (χ2v) is 3.75. The number of furan rings is 1. The largest absolute Gasteiger partial charge is 0.450 e. The molecule has 0 spiro atoms. The SMILES string of the molecule is O=Cc1oc2c(Br)cccc2c1Cl. The number of fused-ring (bicyclic) bond motifs is 1. The van der Waals surface area contributed by atoms with Crippen LogP contribution in [0.5, 0.6) is 0 Å². The average Bonchev–Trinajstić information content (AvgIpc) is 2.45. The van der Waals surface area contributed by atoms with Gasteiger partial charge in [-0.2, -0.15) is 0 Å². The van der Waals surface area contributed by atoms with Crippen LogP contribution in [-0.2, 0) is 0 Å². The summed E-state index contributed by atoms with van der Waals surface area (Å²) in [4.78, 5) is 10.5. The van der Waals surface area contributed by atoms with Crippen molar-refractivity contribution in [2.45, 2.75) is 0 Å². The summed E-state index contributed by atoms with van der Waals surface area (Å²) in [6.45, 7) is 0. The van der Waals surface area contributed by atoms with Gasteiger partial charge in [-0.25, -0.2) is 0 Å². The van der Waals surface area contributed by atoms with Crippen LogP contribution in [0.2, 0.25) is 5.02 Å². The molecule has 0 aliphatic rings. The summed E-state index contributed by atoms with van der Waals surface area (Å²) in [5, 5.41) is 1.12. The van der Waals surface area contributed by atoms with Gasteiger partial charge in [-0.3, -0.25) is 4.79 Å². The Morgan fingerprint density at radius 2 is 2.23 bits per heavy atom. The zero-order valence-corrected chi connectivity index (χ0v) is 8.72. The molecule has 1 aromatic heterocycles. The topological polar surface area (TPSA) is 30.2 Å². The van der Waals surface area contributed by atoms with Crippen molar-refractivity contribution in [2.75, 3.05) is 0 Å². The number of carbonyl (C=O) groups is 1. The molecule has 1 aromatic carbocycles. The molecule has 13 heavy (non-hydrogen) atoms. The Balaban J connectivity index is 2.91. The van der Waals surface area contributed by atoms with Gasteiger partial charge in [0.1, 0.15) is 0 Å². The lowest BCUT2D eigenvalue weighted by Crippen LogP contribution is -1.70. The Hall–Kier alpha value is -0.800. The van der Waals surface area contributed by atoms with E-state index in [1.54, 1.807) is 6.07 Å². The first kappa shape index (κ1) is 8.78. The van der Waals surface area contributed by atoms with Gasteiger partial charge in [0.25, 0.3) is 0 Å². The molecule has 0 amide bonds. The highest BCUT2D eigenvalue weighted by Gasteiger charge is 2.12. The number of rotatable bonds is 1. The molecule has 0 radical (unpaired) electrons. The summed E-state index contributed by atoms with van der Waals surface area (Å²) < 4.78 is 6.02. The zero-order valence-electron chi connectivity index (χ0n) is 6.38. The first-order valence-electron chi connectivity index (χ1n) is 3.55. The van der Waals surface area contributed by atoms with Gasteiger partial charge in [0.05, 0.1) is 9.50 Å². The van der Waals surface area contributed by atoms with Crippen LogP contribution >= 0.6 is 27.5 Å². The minimum Gasteiger partial charge on any atom is -0.450 e. The van der Waals surface area contributed by atoms with Crippen LogP contribution < -0.4 is 0 Å². The van der Waals surface area contributed by atoms with Crippen LogP contribution in [0.1, 0.15) is 10.6 Å². The number of hydrogen-bond donors (Lipinski definition) is 0. The lowest BCUT2D eigenvalue weighted by Gasteiger charge is -1.89. The Morgan fingerprint density at radius 1 is 1.46 bits per heavy atom. The lowest BCUT2D eigenvalue weighted by molar-refractivity contribution is 0.110. The fourth-order valence-corrected chi connectivity index (χ4v) is 1.83. The third kappa shape index (κ3) is 1.28. The predicted octanol–water partition coefficient (Wildman–Crippen LogP) is 3.66. The van der Waals surface area contributed by atoms with Crippen molar-refractivity contribution < 1.29 is 9.21 Å². The van der Waals surface area contributed by atoms with Crippen LogP contribution in [0, 0.1) is 0 Å². The van der Waals surface area contributed by atoms with Gasteiger partial charge in [-0.1, -0.05) is 17.7 Å². The van der Waals surface area contributed by atoms with E-state index in [0.29, 0.717) is 16.9 Å². The molecule has 0 saturated heterocycles. The quantitative estimate of drug-likeness (QED) is 0.732. The lowest BCUT2D eigenvalue weighted by atomic mass is 10.2. The van der Waals surface area contributed by atoms with Gasteiger partial charge in [0.2, 0.25) is 0 Å². The van der Waals surface area contributed by atoms with Crippen molar-refractivity contribution in [1.82, 2.24) is 0 Å². The number of halogens is 2. The third-order valence-electron chi connectivity index (χ3n) is 1.74. The van der Waals surface area contributed by atoms with Crippen molar-refractivity contribution in [3.63, 3.8) is 0 Å². The first-order chi connectivity index (χ1) is 6.24. The van der Waals surface area contributed by atoms with Crippen molar-refractivity contribution in [3.8, 4) is 0 Å². The van der Waals surface area contributed by atoms with E-state index in [9.17, 15) is 4.79 Å². The fraction of sp³-hybridized carbons (Fsp3) is 0. The van der Waals surface area contributed by atoms with Crippen LogP contribution in [0.15, 0.2) is 27.1 Å². The van der Waals surface area contributed by atoms with E-state index in [0.717, 1.165) is 9.86 Å². The summed E-state index contributed by atoms with van der Waals surface area (Å²) in [6, 6.07) is 5.47. The van der Waals surface area contributed by atoms with E-state index in [1.165, 1.54) is 0 Å². The number of benzene rings is 1. The van der Waals surface area contributed by atoms with Gasteiger partial charge in [-0.05, 0) is 28.1 Å². The highest BCUT2D eigenvalue weighted by Crippen LogP contribution is 2.33. The average molecular weight is 259 g/mol. The van der Waals surface area contributed by atoms with Gasteiger partial charge < -0.3 is 4.42 Å². The molecule has 1 heterocycles.